The number of benzene rings is 2. The Kier molecular flexibility index (Phi) is 11.8. The van der Waals surface area contributed by atoms with Crippen molar-refractivity contribution in [1.29, 1.82) is 0 Å². The molecule has 0 spiro atoms. The van der Waals surface area contributed by atoms with E-state index in [0.717, 1.165) is 53.8 Å². The number of anilines is 1. The molecule has 332 valence electrons. The minimum atomic E-state index is -0.179. The van der Waals surface area contributed by atoms with Crippen molar-refractivity contribution in [3.05, 3.63) is 122 Å². The predicted octanol–water partition coefficient (Wildman–Crippen LogP) is 3.79. The number of aryl methyl sites for hydroxylation is 2. The number of hydrogen-bond donors (Lipinski definition) is 1. The maximum Gasteiger partial charge on any atom is 0.280 e. The first kappa shape index (κ1) is 42.8. The fraction of sp³-hybridized carbons (Fsp3) is 0.381. The van der Waals surface area contributed by atoms with Gasteiger partial charge >= 0.3 is 0 Å². The quantitative estimate of drug-likeness (QED) is 0.218. The topological polar surface area (TPSA) is 217 Å². The Morgan fingerprint density at radius 2 is 1.17 bits per heavy atom. The minimum Gasteiger partial charge on any atom is -0.497 e. The van der Waals surface area contributed by atoms with Crippen LogP contribution in [0.25, 0.3) is 22.3 Å². The molecular weight excluding hydrogens is 912 g/mol. The zero-order valence-corrected chi connectivity index (χ0v) is 37.6. The number of aromatic nitrogens is 12. The molecule has 4 fully saturated rings. The van der Waals surface area contributed by atoms with Gasteiger partial charge in [0.25, 0.3) is 11.1 Å². The second-order valence-corrected chi connectivity index (χ2v) is 17.1. The molecule has 6 atom stereocenters. The van der Waals surface area contributed by atoms with E-state index < -0.39 is 0 Å². The third-order valence-electron chi connectivity index (χ3n) is 12.3. The summed E-state index contributed by atoms with van der Waals surface area (Å²) in [6.07, 6.45) is 6.10. The lowest BCUT2D eigenvalue weighted by Crippen LogP contribution is -2.23. The van der Waals surface area contributed by atoms with Crippen molar-refractivity contribution in [3.63, 3.8) is 0 Å². The Morgan fingerprint density at radius 1 is 0.688 bits per heavy atom. The first-order valence-electron chi connectivity index (χ1n) is 20.4. The van der Waals surface area contributed by atoms with Gasteiger partial charge in [0.1, 0.15) is 37.2 Å². The van der Waals surface area contributed by atoms with Crippen molar-refractivity contribution in [2.45, 2.75) is 24.9 Å². The van der Waals surface area contributed by atoms with Gasteiger partial charge in [-0.1, -0.05) is 38.4 Å². The summed E-state index contributed by atoms with van der Waals surface area (Å²) < 4.78 is 28.4. The number of ether oxygens (including phenoxy) is 2. The number of fused-ring (bicyclic) bond motifs is 4. The van der Waals surface area contributed by atoms with Crippen molar-refractivity contribution in [3.8, 4) is 11.5 Å². The van der Waals surface area contributed by atoms with E-state index in [2.05, 4.69) is 78.5 Å². The predicted molar refractivity (Wildman–Crippen MR) is 238 cm³/mol. The summed E-state index contributed by atoms with van der Waals surface area (Å²) in [4.78, 5) is 53.2. The second-order valence-electron chi connectivity index (χ2n) is 16.1. The van der Waals surface area contributed by atoms with E-state index in [0.29, 0.717) is 69.6 Å². The van der Waals surface area contributed by atoms with Gasteiger partial charge in [0.05, 0.1) is 26.9 Å². The lowest BCUT2D eigenvalue weighted by molar-refractivity contribution is 0.363. The van der Waals surface area contributed by atoms with E-state index >= 15 is 0 Å². The molecule has 2 unspecified atom stereocenters. The SMILES string of the molecule is COc1cccc(Br)c1.COc1cccc(N2C[C@@H]3C(c4noc(Cn5cnc6ncn(C)c6c5=O)n4)[C@@H]3C2)c1.Cl.Cn1cnc2ncn(Cc3nc(C4[C@H]5CNC[C@@H]45)no3)c(=O)c21. The summed E-state index contributed by atoms with van der Waals surface area (Å²) in [6.45, 7) is 4.40. The molecule has 20 nitrogen and oxygen atoms in total. The first-order chi connectivity index (χ1) is 30.7. The molecule has 2 saturated heterocycles. The van der Waals surface area contributed by atoms with E-state index in [1.165, 1.54) is 27.5 Å². The molecule has 0 bridgehead atoms. The molecule has 6 aromatic heterocycles. The highest BCUT2D eigenvalue weighted by molar-refractivity contribution is 9.10. The minimum absolute atomic E-state index is 0. The molecule has 8 aromatic rings. The fourth-order valence-corrected chi connectivity index (χ4v) is 9.30. The van der Waals surface area contributed by atoms with Crippen LogP contribution >= 0.6 is 28.3 Å². The van der Waals surface area contributed by atoms with Gasteiger partial charge in [0.2, 0.25) is 11.8 Å². The normalized spacial score (nSPS) is 21.3. The number of imidazole rings is 2. The van der Waals surface area contributed by atoms with Crippen LogP contribution in [0, 0.1) is 23.7 Å². The summed E-state index contributed by atoms with van der Waals surface area (Å²) in [5.41, 5.74) is 2.63. The van der Waals surface area contributed by atoms with Gasteiger partial charge in [-0.3, -0.25) is 18.7 Å². The van der Waals surface area contributed by atoms with Crippen molar-refractivity contribution in [2.75, 3.05) is 45.3 Å². The van der Waals surface area contributed by atoms with Crippen LogP contribution in [0.3, 0.4) is 0 Å². The second kappa shape index (κ2) is 17.6. The van der Waals surface area contributed by atoms with Crippen molar-refractivity contribution >= 4 is 56.4 Å². The van der Waals surface area contributed by atoms with Gasteiger partial charge in [-0.05, 0) is 67.1 Å². The van der Waals surface area contributed by atoms with E-state index in [1.807, 2.05) is 36.4 Å². The summed E-state index contributed by atoms with van der Waals surface area (Å²) in [6, 6.07) is 15.9. The van der Waals surface area contributed by atoms with Crippen LogP contribution in [-0.2, 0) is 27.2 Å². The molecule has 2 aliphatic carbocycles. The monoisotopic (exact) mass is 954 g/mol. The zero-order chi connectivity index (χ0) is 43.4. The van der Waals surface area contributed by atoms with E-state index in [4.69, 9.17) is 18.5 Å². The van der Waals surface area contributed by atoms with Crippen LogP contribution in [0.4, 0.5) is 5.69 Å². The van der Waals surface area contributed by atoms with E-state index in [1.54, 1.807) is 50.1 Å². The largest absolute Gasteiger partial charge is 0.497 e. The van der Waals surface area contributed by atoms with E-state index in [9.17, 15) is 9.59 Å². The lowest BCUT2D eigenvalue weighted by Gasteiger charge is -2.21. The van der Waals surface area contributed by atoms with Gasteiger partial charge in [-0.2, -0.15) is 9.97 Å². The highest BCUT2D eigenvalue weighted by Gasteiger charge is 2.59. The molecule has 12 rings (SSSR count). The highest BCUT2D eigenvalue weighted by Crippen LogP contribution is 2.58. The summed E-state index contributed by atoms with van der Waals surface area (Å²) in [5.74, 6) is 7.12. The van der Waals surface area contributed by atoms with Gasteiger partial charge in [-0.25, -0.2) is 19.9 Å². The molecule has 2 saturated carbocycles. The molecule has 4 aliphatic rings. The molecule has 2 aromatic carbocycles. The standard InChI is InChI=1S/C21H21N7O3.C14H15N7O2.C7H7BrO.ClH/c1-26-10-22-20-18(26)21(29)28(11-23-20)9-16-24-19(25-31-16)17-14-7-27(8-15(14)17)12-4-3-5-13(6-12)30-2;1-20-5-16-13-11(20)14(22)21(6-17-13)4-9-18-12(19-23-9)10-7-2-15-3-8(7)10;1-9-7-4-2-3-6(8)5-7;/h3-6,10-11,14-15,17H,7-9H2,1-2H3;5-8,10,15H,2-4H2,1H3;2-5H,1H3;1H/t14-,15+,17?;7-,8+,10?;;. The summed E-state index contributed by atoms with van der Waals surface area (Å²) >= 11 is 3.32. The molecule has 1 N–H and O–H groups in total. The van der Waals surface area contributed by atoms with Crippen molar-refractivity contribution in [1.82, 2.24) is 63.8 Å². The Morgan fingerprint density at radius 3 is 1.67 bits per heavy atom. The number of nitrogens with zero attached hydrogens (tertiary/aromatic N) is 13. The number of hydrogen-bond acceptors (Lipinski definition) is 16. The molecule has 8 heterocycles. The number of rotatable bonds is 9. The molecule has 22 heteroatoms. The van der Waals surface area contributed by atoms with Crippen LogP contribution in [0.5, 0.6) is 11.5 Å². The highest BCUT2D eigenvalue weighted by atomic mass is 79.9. The zero-order valence-electron chi connectivity index (χ0n) is 35.2. The molecule has 0 amide bonds. The number of halogens is 2. The number of piperidine rings is 2. The maximum absolute atomic E-state index is 12.7. The third-order valence-corrected chi connectivity index (χ3v) is 12.8. The Balaban J connectivity index is 0.000000138. The first-order valence-corrected chi connectivity index (χ1v) is 21.2. The van der Waals surface area contributed by atoms with Crippen LogP contribution < -0.4 is 30.8 Å². The van der Waals surface area contributed by atoms with Crippen molar-refractivity contribution in [2.24, 2.45) is 37.8 Å². The average molecular weight is 956 g/mol. The molecule has 0 radical (unpaired) electrons. The fourth-order valence-electron chi connectivity index (χ4n) is 8.92. The number of nitrogens with one attached hydrogen (secondary N) is 1. The summed E-state index contributed by atoms with van der Waals surface area (Å²) in [5, 5.41) is 11.6. The average Bonchev–Trinajstić information content (AvgIpc) is 3.86. The lowest BCUT2D eigenvalue weighted by atomic mass is 10.2. The van der Waals surface area contributed by atoms with Crippen molar-refractivity contribution < 1.29 is 18.5 Å². The molecule has 2 aliphatic heterocycles. The van der Waals surface area contributed by atoms with Crippen LogP contribution in [-0.4, -0.2) is 98.9 Å². The maximum atomic E-state index is 12.7. The third kappa shape index (κ3) is 8.25. The molecular formula is C42H44BrClN14O6. The van der Waals surface area contributed by atoms with Gasteiger partial charge < -0.3 is 37.9 Å². The van der Waals surface area contributed by atoms with Gasteiger partial charge in [0, 0.05) is 55.2 Å². The van der Waals surface area contributed by atoms with E-state index in [-0.39, 0.29) is 36.6 Å². The van der Waals surface area contributed by atoms with Crippen LogP contribution in [0.15, 0.2) is 96.9 Å². The van der Waals surface area contributed by atoms with Gasteiger partial charge in [0.15, 0.2) is 34.0 Å². The van der Waals surface area contributed by atoms with Crippen LogP contribution in [0.1, 0.15) is 35.3 Å². The summed E-state index contributed by atoms with van der Waals surface area (Å²) in [7, 11) is 6.88. The Bertz CT molecular complexity index is 3050. The molecule has 64 heavy (non-hydrogen) atoms. The Hall–Kier alpha value is -6.45. The van der Waals surface area contributed by atoms with Crippen LogP contribution in [0.2, 0.25) is 0 Å². The smallest absolute Gasteiger partial charge is 0.280 e. The van der Waals surface area contributed by atoms with Gasteiger partial charge in [-0.15, -0.1) is 12.4 Å². The number of methoxy groups -OCH3 is 2. The Labute approximate surface area is 379 Å².